The number of aliphatic hydroxyl groups is 1. The van der Waals surface area contributed by atoms with Crippen molar-refractivity contribution < 1.29 is 23.2 Å². The highest BCUT2D eigenvalue weighted by Crippen LogP contribution is 2.28. The van der Waals surface area contributed by atoms with E-state index in [0.717, 1.165) is 24.3 Å². The summed E-state index contributed by atoms with van der Waals surface area (Å²) in [5.74, 6) is -2.94. The summed E-state index contributed by atoms with van der Waals surface area (Å²) in [6, 6.07) is 6.48. The Hall–Kier alpha value is -2.61. The Kier molecular flexibility index (Phi) is 4.62. The van der Waals surface area contributed by atoms with Crippen molar-refractivity contribution >= 4 is 11.4 Å². The third kappa shape index (κ3) is 3.17. The second-order valence-corrected chi connectivity index (χ2v) is 4.43. The Morgan fingerprint density at radius 3 is 2.23 bits per heavy atom. The predicted molar refractivity (Wildman–Crippen MR) is 72.9 cm³/mol. The number of hydrogen-bond acceptors (Lipinski definition) is 4. The maximum absolute atomic E-state index is 13.5. The number of nitrogens with one attached hydrogen (secondary N) is 1. The van der Waals surface area contributed by atoms with Crippen molar-refractivity contribution in [1.29, 1.82) is 0 Å². The molecule has 0 bridgehead atoms. The van der Waals surface area contributed by atoms with Crippen LogP contribution in [0.5, 0.6) is 0 Å². The lowest BCUT2D eigenvalue weighted by Gasteiger charge is -2.14. The standard InChI is InChI=1S/C14H11F3N2O3/c15-8-3-1-4-9(16)13(8)12(20)7-18-11-6-2-5-10(17)14(11)19(21)22/h1-6,12,18,20H,7H2. The van der Waals surface area contributed by atoms with Crippen LogP contribution in [0.2, 0.25) is 0 Å². The van der Waals surface area contributed by atoms with Gasteiger partial charge in [-0.3, -0.25) is 10.1 Å². The number of para-hydroxylation sites is 1. The molecule has 1 atom stereocenters. The summed E-state index contributed by atoms with van der Waals surface area (Å²) in [5.41, 5.74) is -1.56. The van der Waals surface area contributed by atoms with Crippen LogP contribution < -0.4 is 5.32 Å². The van der Waals surface area contributed by atoms with Crippen LogP contribution in [0.4, 0.5) is 24.5 Å². The quantitative estimate of drug-likeness (QED) is 0.657. The van der Waals surface area contributed by atoms with Crippen molar-refractivity contribution in [2.75, 3.05) is 11.9 Å². The highest BCUT2D eigenvalue weighted by Gasteiger charge is 2.22. The number of rotatable bonds is 5. The van der Waals surface area contributed by atoms with Gasteiger partial charge in [0.15, 0.2) is 0 Å². The molecule has 22 heavy (non-hydrogen) atoms. The minimum absolute atomic E-state index is 0.194. The zero-order chi connectivity index (χ0) is 16.3. The topological polar surface area (TPSA) is 75.4 Å². The molecule has 0 saturated carbocycles. The molecule has 0 aliphatic heterocycles. The molecule has 2 N–H and O–H groups in total. The smallest absolute Gasteiger partial charge is 0.327 e. The number of nitro benzene ring substituents is 1. The molecule has 0 amide bonds. The van der Waals surface area contributed by atoms with Crippen molar-refractivity contribution in [2.24, 2.45) is 0 Å². The number of halogens is 3. The summed E-state index contributed by atoms with van der Waals surface area (Å²) >= 11 is 0. The Morgan fingerprint density at radius 2 is 1.64 bits per heavy atom. The molecular weight excluding hydrogens is 301 g/mol. The first-order chi connectivity index (χ1) is 10.4. The number of nitrogens with zero attached hydrogens (tertiary/aromatic N) is 1. The first kappa shape index (κ1) is 15.8. The number of nitro groups is 1. The summed E-state index contributed by atoms with van der Waals surface area (Å²) in [7, 11) is 0. The number of hydrogen-bond donors (Lipinski definition) is 2. The summed E-state index contributed by atoms with van der Waals surface area (Å²) < 4.78 is 40.4. The molecule has 0 aliphatic rings. The van der Waals surface area contributed by atoms with E-state index in [4.69, 9.17) is 0 Å². The van der Waals surface area contributed by atoms with E-state index in [2.05, 4.69) is 5.32 Å². The van der Waals surface area contributed by atoms with Gasteiger partial charge in [-0.05, 0) is 24.3 Å². The highest BCUT2D eigenvalue weighted by molar-refractivity contribution is 5.62. The van der Waals surface area contributed by atoms with E-state index < -0.39 is 46.3 Å². The van der Waals surface area contributed by atoms with Crippen molar-refractivity contribution in [3.8, 4) is 0 Å². The largest absolute Gasteiger partial charge is 0.386 e. The molecule has 0 fully saturated rings. The van der Waals surface area contributed by atoms with Gasteiger partial charge in [-0.15, -0.1) is 0 Å². The summed E-state index contributed by atoms with van der Waals surface area (Å²) in [5, 5.41) is 23.1. The molecule has 0 radical (unpaired) electrons. The Balaban J connectivity index is 2.20. The summed E-state index contributed by atoms with van der Waals surface area (Å²) in [4.78, 5) is 9.89. The average molecular weight is 312 g/mol. The fourth-order valence-electron chi connectivity index (χ4n) is 1.98. The lowest BCUT2D eigenvalue weighted by molar-refractivity contribution is -0.386. The monoisotopic (exact) mass is 312 g/mol. The van der Waals surface area contributed by atoms with Crippen LogP contribution in [0.25, 0.3) is 0 Å². The van der Waals surface area contributed by atoms with Crippen molar-refractivity contribution in [3.05, 3.63) is 69.5 Å². The number of anilines is 1. The molecule has 0 aliphatic carbocycles. The predicted octanol–water partition coefficient (Wildman–Crippen LogP) is 3.16. The minimum atomic E-state index is -1.59. The maximum Gasteiger partial charge on any atom is 0.327 e. The zero-order valence-electron chi connectivity index (χ0n) is 11.1. The van der Waals surface area contributed by atoms with Crippen molar-refractivity contribution in [2.45, 2.75) is 6.10 Å². The number of aliphatic hydroxyl groups excluding tert-OH is 1. The molecule has 0 saturated heterocycles. The van der Waals surface area contributed by atoms with Crippen LogP contribution in [-0.4, -0.2) is 16.6 Å². The fourth-order valence-corrected chi connectivity index (χ4v) is 1.98. The van der Waals surface area contributed by atoms with Gasteiger partial charge in [0.2, 0.25) is 5.82 Å². The van der Waals surface area contributed by atoms with Crippen LogP contribution in [0.3, 0.4) is 0 Å². The van der Waals surface area contributed by atoms with Crippen LogP contribution in [0.15, 0.2) is 36.4 Å². The molecule has 1 unspecified atom stereocenters. The summed E-state index contributed by atoms with van der Waals surface area (Å²) in [6.07, 6.45) is -1.59. The second-order valence-electron chi connectivity index (χ2n) is 4.43. The molecule has 2 rings (SSSR count). The Morgan fingerprint density at radius 1 is 1.09 bits per heavy atom. The van der Waals surface area contributed by atoms with Gasteiger partial charge < -0.3 is 10.4 Å². The van der Waals surface area contributed by atoms with Gasteiger partial charge in [0, 0.05) is 6.54 Å². The lowest BCUT2D eigenvalue weighted by Crippen LogP contribution is -2.16. The highest BCUT2D eigenvalue weighted by atomic mass is 19.1. The van der Waals surface area contributed by atoms with Gasteiger partial charge >= 0.3 is 5.69 Å². The third-order valence-corrected chi connectivity index (χ3v) is 2.99. The number of benzene rings is 2. The molecule has 0 heterocycles. The lowest BCUT2D eigenvalue weighted by atomic mass is 10.1. The van der Waals surface area contributed by atoms with Gasteiger partial charge in [-0.2, -0.15) is 4.39 Å². The maximum atomic E-state index is 13.5. The van der Waals surface area contributed by atoms with E-state index in [1.807, 2.05) is 0 Å². The van der Waals surface area contributed by atoms with Crippen LogP contribution >= 0.6 is 0 Å². The fraction of sp³-hybridized carbons (Fsp3) is 0.143. The molecular formula is C14H11F3N2O3. The van der Waals surface area contributed by atoms with Gasteiger partial charge in [0.05, 0.1) is 10.5 Å². The van der Waals surface area contributed by atoms with Gasteiger partial charge in [-0.1, -0.05) is 12.1 Å². The average Bonchev–Trinajstić information content (AvgIpc) is 2.44. The van der Waals surface area contributed by atoms with Gasteiger partial charge in [-0.25, -0.2) is 8.78 Å². The van der Waals surface area contributed by atoms with Crippen LogP contribution in [0.1, 0.15) is 11.7 Å². The molecule has 0 aromatic heterocycles. The van der Waals surface area contributed by atoms with Crippen LogP contribution in [0, 0.1) is 27.6 Å². The molecule has 0 spiro atoms. The Bertz CT molecular complexity index is 689. The SMILES string of the molecule is O=[N+]([O-])c1c(F)cccc1NCC(O)c1c(F)cccc1F. The molecule has 2 aromatic rings. The second kappa shape index (κ2) is 6.44. The molecule has 116 valence electrons. The third-order valence-electron chi connectivity index (χ3n) is 2.99. The Labute approximate surface area is 123 Å². The zero-order valence-corrected chi connectivity index (χ0v) is 11.1. The molecule has 5 nitrogen and oxygen atoms in total. The van der Waals surface area contributed by atoms with E-state index in [1.165, 1.54) is 12.1 Å². The van der Waals surface area contributed by atoms with E-state index in [9.17, 15) is 28.4 Å². The van der Waals surface area contributed by atoms with E-state index >= 15 is 0 Å². The normalized spacial score (nSPS) is 12.0. The van der Waals surface area contributed by atoms with Crippen molar-refractivity contribution in [1.82, 2.24) is 0 Å². The van der Waals surface area contributed by atoms with Gasteiger partial charge in [0.1, 0.15) is 23.4 Å². The molecule has 2 aromatic carbocycles. The van der Waals surface area contributed by atoms with E-state index in [0.29, 0.717) is 0 Å². The van der Waals surface area contributed by atoms with Gasteiger partial charge in [0.25, 0.3) is 0 Å². The first-order valence-electron chi connectivity index (χ1n) is 6.20. The first-order valence-corrected chi connectivity index (χ1v) is 6.20. The minimum Gasteiger partial charge on any atom is -0.386 e. The van der Waals surface area contributed by atoms with Crippen molar-refractivity contribution in [3.63, 3.8) is 0 Å². The van der Waals surface area contributed by atoms with Crippen LogP contribution in [-0.2, 0) is 0 Å². The van der Waals surface area contributed by atoms with E-state index in [1.54, 1.807) is 0 Å². The molecule has 8 heteroatoms. The van der Waals surface area contributed by atoms with E-state index in [-0.39, 0.29) is 5.69 Å². The summed E-state index contributed by atoms with van der Waals surface area (Å²) in [6.45, 7) is -0.428.